The van der Waals surface area contributed by atoms with E-state index in [1.807, 2.05) is 0 Å². The van der Waals surface area contributed by atoms with E-state index in [2.05, 4.69) is 0 Å². The fourth-order valence-corrected chi connectivity index (χ4v) is 4.31. The molecule has 2 heteroatoms. The Hall–Kier alpha value is -0.920. The Morgan fingerprint density at radius 1 is 0.800 bits per heavy atom. The largest absolute Gasteiger partial charge is 0.203 e. The van der Waals surface area contributed by atoms with E-state index in [1.165, 1.54) is 38.5 Å². The minimum absolute atomic E-state index is 0.225. The van der Waals surface area contributed by atoms with E-state index in [4.69, 9.17) is 0 Å². The fourth-order valence-electron chi connectivity index (χ4n) is 4.31. The summed E-state index contributed by atoms with van der Waals surface area (Å²) in [6.45, 7) is 1.62. The van der Waals surface area contributed by atoms with Gasteiger partial charge in [0, 0.05) is 0 Å². The molecule has 2 aliphatic rings. The van der Waals surface area contributed by atoms with Gasteiger partial charge in [-0.25, -0.2) is 8.78 Å². The molecule has 0 unspecified atom stereocenters. The standard InChI is InChI=1S/C18H24F2/c1-12-6-11-16(18(20)17(12)19)15-9-7-14(8-10-15)13-4-2-3-5-13/h6,11,13-15H,2-5,7-10H2,1H3. The predicted octanol–water partition coefficient (Wildman–Crippen LogP) is 5.74. The van der Waals surface area contributed by atoms with E-state index in [-0.39, 0.29) is 5.92 Å². The lowest BCUT2D eigenvalue weighted by molar-refractivity contribution is 0.233. The van der Waals surface area contributed by atoms with Gasteiger partial charge in [-0.05, 0) is 61.5 Å². The summed E-state index contributed by atoms with van der Waals surface area (Å²) < 4.78 is 27.8. The van der Waals surface area contributed by atoms with Gasteiger partial charge in [0.15, 0.2) is 11.6 Å². The number of halogens is 2. The molecule has 0 nitrogen and oxygen atoms in total. The molecule has 1 aromatic carbocycles. The average molecular weight is 278 g/mol. The minimum Gasteiger partial charge on any atom is -0.203 e. The molecule has 0 aromatic heterocycles. The molecule has 0 aliphatic heterocycles. The van der Waals surface area contributed by atoms with Gasteiger partial charge < -0.3 is 0 Å². The van der Waals surface area contributed by atoms with Gasteiger partial charge in [0.2, 0.25) is 0 Å². The van der Waals surface area contributed by atoms with Crippen LogP contribution in [0.5, 0.6) is 0 Å². The Morgan fingerprint density at radius 3 is 2.05 bits per heavy atom. The van der Waals surface area contributed by atoms with Crippen molar-refractivity contribution in [1.29, 1.82) is 0 Å². The molecule has 3 rings (SSSR count). The monoisotopic (exact) mass is 278 g/mol. The summed E-state index contributed by atoms with van der Waals surface area (Å²) in [5.41, 5.74) is 1.02. The van der Waals surface area contributed by atoms with Crippen LogP contribution < -0.4 is 0 Å². The Labute approximate surface area is 120 Å². The molecule has 20 heavy (non-hydrogen) atoms. The molecule has 0 bridgehead atoms. The summed E-state index contributed by atoms with van der Waals surface area (Å²) in [6, 6.07) is 3.52. The van der Waals surface area contributed by atoms with Gasteiger partial charge in [-0.1, -0.05) is 37.8 Å². The van der Waals surface area contributed by atoms with Crippen LogP contribution in [-0.4, -0.2) is 0 Å². The van der Waals surface area contributed by atoms with Crippen LogP contribution in [0.2, 0.25) is 0 Å². The van der Waals surface area contributed by atoms with E-state index in [9.17, 15) is 8.78 Å². The van der Waals surface area contributed by atoms with Gasteiger partial charge in [-0.2, -0.15) is 0 Å². The van der Waals surface area contributed by atoms with Crippen LogP contribution in [0.15, 0.2) is 12.1 Å². The number of hydrogen-bond acceptors (Lipinski definition) is 0. The van der Waals surface area contributed by atoms with Crippen molar-refractivity contribution >= 4 is 0 Å². The fraction of sp³-hybridized carbons (Fsp3) is 0.667. The van der Waals surface area contributed by atoms with Crippen molar-refractivity contribution < 1.29 is 8.78 Å². The molecule has 0 radical (unpaired) electrons. The summed E-state index contributed by atoms with van der Waals surface area (Å²) >= 11 is 0. The van der Waals surface area contributed by atoms with Crippen LogP contribution in [0, 0.1) is 30.4 Å². The molecule has 2 saturated carbocycles. The van der Waals surface area contributed by atoms with Crippen molar-refractivity contribution in [3.63, 3.8) is 0 Å². The smallest absolute Gasteiger partial charge is 0.162 e. The van der Waals surface area contributed by atoms with Crippen molar-refractivity contribution in [1.82, 2.24) is 0 Å². The topological polar surface area (TPSA) is 0 Å². The van der Waals surface area contributed by atoms with Crippen LogP contribution in [-0.2, 0) is 0 Å². The molecule has 0 spiro atoms. The van der Waals surface area contributed by atoms with Gasteiger partial charge in [0.25, 0.3) is 0 Å². The highest BCUT2D eigenvalue weighted by Gasteiger charge is 2.31. The Morgan fingerprint density at radius 2 is 1.40 bits per heavy atom. The summed E-state index contributed by atoms with van der Waals surface area (Å²) in [6.07, 6.45) is 10.0. The van der Waals surface area contributed by atoms with Gasteiger partial charge in [0.05, 0.1) is 0 Å². The maximum atomic E-state index is 14.1. The Kier molecular flexibility index (Phi) is 4.09. The number of hydrogen-bond donors (Lipinski definition) is 0. The van der Waals surface area contributed by atoms with Crippen LogP contribution in [0.25, 0.3) is 0 Å². The first-order chi connectivity index (χ1) is 9.66. The molecule has 2 aliphatic carbocycles. The van der Waals surface area contributed by atoms with Crippen LogP contribution in [0.4, 0.5) is 8.78 Å². The second-order valence-electron chi connectivity index (χ2n) is 6.76. The normalized spacial score (nSPS) is 27.9. The lowest BCUT2D eigenvalue weighted by Gasteiger charge is -2.32. The molecule has 1 aromatic rings. The molecule has 0 amide bonds. The minimum atomic E-state index is -0.652. The number of aryl methyl sites for hydroxylation is 1. The average Bonchev–Trinajstić information content (AvgIpc) is 3.00. The lowest BCUT2D eigenvalue weighted by Crippen LogP contribution is -2.20. The van der Waals surface area contributed by atoms with Crippen LogP contribution in [0.1, 0.15) is 68.4 Å². The molecular formula is C18H24F2. The van der Waals surface area contributed by atoms with Crippen molar-refractivity contribution in [3.8, 4) is 0 Å². The summed E-state index contributed by atoms with van der Waals surface area (Å²) in [7, 11) is 0. The number of benzene rings is 1. The van der Waals surface area contributed by atoms with Crippen LogP contribution in [0.3, 0.4) is 0 Å². The maximum Gasteiger partial charge on any atom is 0.162 e. The maximum absolute atomic E-state index is 14.1. The molecule has 0 heterocycles. The van der Waals surface area contributed by atoms with Gasteiger partial charge in [-0.15, -0.1) is 0 Å². The highest BCUT2D eigenvalue weighted by molar-refractivity contribution is 5.28. The van der Waals surface area contributed by atoms with E-state index in [0.717, 1.165) is 24.7 Å². The SMILES string of the molecule is Cc1ccc(C2CCC(C3CCCC3)CC2)c(F)c1F. The first-order valence-corrected chi connectivity index (χ1v) is 8.11. The zero-order chi connectivity index (χ0) is 14.1. The highest BCUT2D eigenvalue weighted by atomic mass is 19.2. The van der Waals surface area contributed by atoms with E-state index >= 15 is 0 Å². The van der Waals surface area contributed by atoms with Gasteiger partial charge in [0.1, 0.15) is 0 Å². The zero-order valence-corrected chi connectivity index (χ0v) is 12.3. The molecule has 0 atom stereocenters. The molecule has 110 valence electrons. The highest BCUT2D eigenvalue weighted by Crippen LogP contribution is 2.44. The van der Waals surface area contributed by atoms with Crippen molar-refractivity contribution in [2.75, 3.05) is 0 Å². The Bertz CT molecular complexity index is 467. The van der Waals surface area contributed by atoms with Crippen LogP contribution >= 0.6 is 0 Å². The van der Waals surface area contributed by atoms with Crippen molar-refractivity contribution in [2.24, 2.45) is 11.8 Å². The predicted molar refractivity (Wildman–Crippen MR) is 77.8 cm³/mol. The van der Waals surface area contributed by atoms with E-state index < -0.39 is 11.6 Å². The molecule has 0 saturated heterocycles. The van der Waals surface area contributed by atoms with Gasteiger partial charge in [-0.3, -0.25) is 0 Å². The van der Waals surface area contributed by atoms with E-state index in [0.29, 0.717) is 11.1 Å². The summed E-state index contributed by atoms with van der Waals surface area (Å²) in [5.74, 6) is 0.722. The zero-order valence-electron chi connectivity index (χ0n) is 12.3. The third-order valence-corrected chi connectivity index (χ3v) is 5.58. The lowest BCUT2D eigenvalue weighted by atomic mass is 9.73. The second-order valence-corrected chi connectivity index (χ2v) is 6.76. The van der Waals surface area contributed by atoms with Crippen molar-refractivity contribution in [2.45, 2.75) is 64.2 Å². The van der Waals surface area contributed by atoms with Crippen molar-refractivity contribution in [3.05, 3.63) is 34.9 Å². The summed E-state index contributed by atoms with van der Waals surface area (Å²) in [4.78, 5) is 0. The molecule has 0 N–H and O–H groups in total. The third-order valence-electron chi connectivity index (χ3n) is 5.58. The quantitative estimate of drug-likeness (QED) is 0.647. The first-order valence-electron chi connectivity index (χ1n) is 8.11. The first kappa shape index (κ1) is 14.0. The molecular weight excluding hydrogens is 254 g/mol. The molecule has 2 fully saturated rings. The third kappa shape index (κ3) is 2.62. The summed E-state index contributed by atoms with van der Waals surface area (Å²) in [5, 5.41) is 0. The number of rotatable bonds is 2. The second kappa shape index (κ2) is 5.83. The van der Waals surface area contributed by atoms with Gasteiger partial charge >= 0.3 is 0 Å². The van der Waals surface area contributed by atoms with E-state index in [1.54, 1.807) is 19.1 Å². The Balaban J connectivity index is 1.67.